The van der Waals surface area contributed by atoms with Crippen LogP contribution in [0.1, 0.15) is 32.8 Å². The van der Waals surface area contributed by atoms with Gasteiger partial charge in [-0.05, 0) is 49.0 Å². The van der Waals surface area contributed by atoms with E-state index in [4.69, 9.17) is 5.73 Å². The average Bonchev–Trinajstić information content (AvgIpc) is 2.79. The van der Waals surface area contributed by atoms with Crippen LogP contribution in [-0.2, 0) is 25.6 Å². The highest BCUT2D eigenvalue weighted by molar-refractivity contribution is 7.98. The number of hydrogen-bond acceptors (Lipinski definition) is 8. The molecule has 1 aromatic rings. The van der Waals surface area contributed by atoms with Gasteiger partial charge in [-0.15, -0.1) is 0 Å². The molecule has 11 nitrogen and oxygen atoms in total. The van der Waals surface area contributed by atoms with E-state index in [1.165, 1.54) is 30.8 Å². The monoisotopic (exact) mass is 512 g/mol. The summed E-state index contributed by atoms with van der Waals surface area (Å²) in [6, 6.07) is 1.49. The largest absolute Gasteiger partial charge is 0.508 e. The van der Waals surface area contributed by atoms with Gasteiger partial charge in [0.1, 0.15) is 17.8 Å². The van der Waals surface area contributed by atoms with Gasteiger partial charge in [0.25, 0.3) is 0 Å². The van der Waals surface area contributed by atoms with Crippen molar-refractivity contribution >= 4 is 35.5 Å². The number of aromatic hydroxyl groups is 1. The third-order valence-electron chi connectivity index (χ3n) is 5.27. The fraction of sp³-hybridized carbons (Fsp3) is 0.565. The summed E-state index contributed by atoms with van der Waals surface area (Å²) in [4.78, 5) is 49.9. The average molecular weight is 513 g/mol. The lowest BCUT2D eigenvalue weighted by Gasteiger charge is -2.27. The standard InChI is InChI=1S/C23H36N4O7S/c1-12(2)18(22(32)27-19(13(3)28)23(33)34)26-21(31)17(11-14-5-7-15(29)8-6-14)25-20(30)16(24)9-10-35-4/h5-8,12-13,16-19,28-29H,9-11,24H2,1-4H3,(H,25,30)(H,26,31)(H,27,32)(H,33,34). The van der Waals surface area contributed by atoms with Crippen LogP contribution < -0.4 is 21.7 Å². The topological polar surface area (TPSA) is 191 Å². The minimum atomic E-state index is -1.55. The Morgan fingerprint density at radius 2 is 1.51 bits per heavy atom. The summed E-state index contributed by atoms with van der Waals surface area (Å²) in [5.41, 5.74) is 6.59. The summed E-state index contributed by atoms with van der Waals surface area (Å²) in [7, 11) is 0. The Balaban J connectivity index is 3.09. The van der Waals surface area contributed by atoms with Gasteiger partial charge >= 0.3 is 5.97 Å². The van der Waals surface area contributed by atoms with Gasteiger partial charge in [0.15, 0.2) is 6.04 Å². The van der Waals surface area contributed by atoms with Crippen LogP contribution in [0.25, 0.3) is 0 Å². The smallest absolute Gasteiger partial charge is 0.328 e. The number of hydrogen-bond donors (Lipinski definition) is 7. The maximum atomic E-state index is 13.2. The number of phenolic OH excluding ortho intramolecular Hbond substituents is 1. The van der Waals surface area contributed by atoms with E-state index in [0.717, 1.165) is 0 Å². The Labute approximate surface area is 209 Å². The first-order chi connectivity index (χ1) is 16.4. The molecule has 0 aliphatic rings. The van der Waals surface area contributed by atoms with Crippen molar-refractivity contribution in [3.8, 4) is 5.75 Å². The van der Waals surface area contributed by atoms with Crippen molar-refractivity contribution < 1.29 is 34.5 Å². The molecule has 0 radical (unpaired) electrons. The summed E-state index contributed by atoms with van der Waals surface area (Å²) < 4.78 is 0. The van der Waals surface area contributed by atoms with E-state index < -0.39 is 59.9 Å². The van der Waals surface area contributed by atoms with Crippen LogP contribution in [0.3, 0.4) is 0 Å². The number of aliphatic hydroxyl groups excluding tert-OH is 1. The lowest BCUT2D eigenvalue weighted by molar-refractivity contribution is -0.145. The van der Waals surface area contributed by atoms with Crippen LogP contribution in [0.4, 0.5) is 0 Å². The quantitative estimate of drug-likeness (QED) is 0.174. The Morgan fingerprint density at radius 3 is 2.00 bits per heavy atom. The second-order valence-corrected chi connectivity index (χ2v) is 9.60. The highest BCUT2D eigenvalue weighted by Crippen LogP contribution is 2.13. The number of aliphatic carboxylic acids is 1. The number of carboxylic acids is 1. The minimum absolute atomic E-state index is 0.0421. The van der Waals surface area contributed by atoms with Crippen molar-refractivity contribution in [2.24, 2.45) is 11.7 Å². The Bertz CT molecular complexity index is 864. The molecule has 3 amide bonds. The fourth-order valence-electron chi connectivity index (χ4n) is 3.15. The van der Waals surface area contributed by atoms with E-state index in [0.29, 0.717) is 17.7 Å². The zero-order valence-corrected chi connectivity index (χ0v) is 21.2. The molecule has 0 aliphatic heterocycles. The normalized spacial score (nSPS) is 15.4. The van der Waals surface area contributed by atoms with E-state index in [-0.39, 0.29) is 12.2 Å². The van der Waals surface area contributed by atoms with E-state index in [9.17, 15) is 34.5 Å². The Morgan fingerprint density at radius 1 is 0.943 bits per heavy atom. The molecule has 0 saturated carbocycles. The summed E-state index contributed by atoms with van der Waals surface area (Å²) in [5.74, 6) is -3.12. The van der Waals surface area contributed by atoms with E-state index in [1.54, 1.807) is 26.0 Å². The fourth-order valence-corrected chi connectivity index (χ4v) is 3.64. The number of rotatable bonds is 14. The van der Waals surface area contributed by atoms with Crippen molar-refractivity contribution in [2.45, 2.75) is 63.9 Å². The SMILES string of the molecule is CSCCC(N)C(=O)NC(Cc1ccc(O)cc1)C(=O)NC(C(=O)NC(C(=O)O)C(C)O)C(C)C. The Kier molecular flexibility index (Phi) is 12.5. The summed E-state index contributed by atoms with van der Waals surface area (Å²) in [6.45, 7) is 4.55. The van der Waals surface area contributed by atoms with Gasteiger partial charge in [-0.2, -0.15) is 11.8 Å². The van der Waals surface area contributed by atoms with Gasteiger partial charge in [0.2, 0.25) is 17.7 Å². The number of nitrogens with one attached hydrogen (secondary N) is 3. The van der Waals surface area contributed by atoms with Crippen LogP contribution >= 0.6 is 11.8 Å². The summed E-state index contributed by atoms with van der Waals surface area (Å²) >= 11 is 1.53. The number of thioether (sulfide) groups is 1. The van der Waals surface area contributed by atoms with Crippen molar-refractivity contribution in [3.05, 3.63) is 29.8 Å². The number of phenols is 1. The van der Waals surface area contributed by atoms with Gasteiger partial charge < -0.3 is 37.0 Å². The Hall–Kier alpha value is -2.83. The first kappa shape index (κ1) is 30.2. The molecular formula is C23H36N4O7S. The number of carboxylic acid groups (broad SMARTS) is 1. The molecule has 0 bridgehead atoms. The number of amides is 3. The first-order valence-electron chi connectivity index (χ1n) is 11.2. The molecule has 0 aliphatic carbocycles. The van der Waals surface area contributed by atoms with Gasteiger partial charge in [-0.1, -0.05) is 26.0 Å². The van der Waals surface area contributed by atoms with Gasteiger partial charge in [0, 0.05) is 6.42 Å². The molecule has 196 valence electrons. The summed E-state index contributed by atoms with van der Waals surface area (Å²) in [6.07, 6.45) is 0.998. The number of aliphatic hydroxyl groups is 1. The molecule has 12 heteroatoms. The van der Waals surface area contributed by atoms with E-state index >= 15 is 0 Å². The second kappa shape index (κ2) is 14.5. The number of carbonyl (C=O) groups excluding carboxylic acids is 3. The van der Waals surface area contributed by atoms with Gasteiger partial charge in [0.05, 0.1) is 12.1 Å². The highest BCUT2D eigenvalue weighted by Gasteiger charge is 2.33. The molecule has 0 saturated heterocycles. The molecule has 0 heterocycles. The highest BCUT2D eigenvalue weighted by atomic mass is 32.2. The first-order valence-corrected chi connectivity index (χ1v) is 12.6. The third-order valence-corrected chi connectivity index (χ3v) is 5.92. The predicted octanol–water partition coefficient (Wildman–Crippen LogP) is -0.409. The number of carbonyl (C=O) groups is 4. The van der Waals surface area contributed by atoms with Crippen LogP contribution in [0, 0.1) is 5.92 Å². The molecule has 1 rings (SSSR count). The van der Waals surface area contributed by atoms with Crippen LogP contribution in [-0.4, -0.2) is 81.3 Å². The molecule has 5 atom stereocenters. The lowest BCUT2D eigenvalue weighted by Crippen LogP contribution is -2.60. The van der Waals surface area contributed by atoms with Crippen LogP contribution in [0.2, 0.25) is 0 Å². The third kappa shape index (κ3) is 10.1. The molecule has 0 aromatic heterocycles. The maximum absolute atomic E-state index is 13.2. The predicted molar refractivity (Wildman–Crippen MR) is 133 cm³/mol. The molecule has 0 fully saturated rings. The molecule has 5 unspecified atom stereocenters. The number of benzene rings is 1. The van der Waals surface area contributed by atoms with Gasteiger partial charge in [-0.25, -0.2) is 4.79 Å². The number of nitrogens with two attached hydrogens (primary N) is 1. The maximum Gasteiger partial charge on any atom is 0.328 e. The van der Waals surface area contributed by atoms with Crippen molar-refractivity contribution in [1.29, 1.82) is 0 Å². The van der Waals surface area contributed by atoms with E-state index in [1.807, 2.05) is 6.26 Å². The molecular weight excluding hydrogens is 476 g/mol. The zero-order chi connectivity index (χ0) is 26.7. The minimum Gasteiger partial charge on any atom is -0.508 e. The molecule has 1 aromatic carbocycles. The lowest BCUT2D eigenvalue weighted by atomic mass is 10.00. The second-order valence-electron chi connectivity index (χ2n) is 8.62. The summed E-state index contributed by atoms with van der Waals surface area (Å²) in [5, 5.41) is 35.9. The van der Waals surface area contributed by atoms with Crippen molar-refractivity contribution in [2.75, 3.05) is 12.0 Å². The van der Waals surface area contributed by atoms with E-state index in [2.05, 4.69) is 16.0 Å². The van der Waals surface area contributed by atoms with Crippen LogP contribution in [0.15, 0.2) is 24.3 Å². The molecule has 0 spiro atoms. The van der Waals surface area contributed by atoms with Gasteiger partial charge in [-0.3, -0.25) is 14.4 Å². The van der Waals surface area contributed by atoms with Crippen LogP contribution in [0.5, 0.6) is 5.75 Å². The van der Waals surface area contributed by atoms with Crippen molar-refractivity contribution in [3.63, 3.8) is 0 Å². The van der Waals surface area contributed by atoms with Crippen molar-refractivity contribution in [1.82, 2.24) is 16.0 Å². The molecule has 35 heavy (non-hydrogen) atoms. The zero-order valence-electron chi connectivity index (χ0n) is 20.4. The molecule has 8 N–H and O–H groups in total.